The molecule has 1 heterocycles. The first-order valence-corrected chi connectivity index (χ1v) is 7.83. The molecule has 2 rings (SSSR count). The molecule has 0 amide bonds. The van der Waals surface area contributed by atoms with E-state index in [4.69, 9.17) is 9.72 Å². The summed E-state index contributed by atoms with van der Waals surface area (Å²) in [5.41, 5.74) is 2.08. The lowest BCUT2D eigenvalue weighted by Crippen LogP contribution is -2.28. The maximum Gasteiger partial charge on any atom is 0.160 e. The molecule has 0 saturated heterocycles. The van der Waals surface area contributed by atoms with E-state index in [0.717, 1.165) is 17.6 Å². The van der Waals surface area contributed by atoms with Gasteiger partial charge in [-0.3, -0.25) is 0 Å². The third-order valence-corrected chi connectivity index (χ3v) is 4.22. The molecule has 0 bridgehead atoms. The molecule has 1 fully saturated rings. The molecule has 1 aliphatic carbocycles. The Bertz CT molecular complexity index is 420. The average Bonchev–Trinajstić information content (AvgIpc) is 3.22. The Labute approximate surface area is 117 Å². The first kappa shape index (κ1) is 13.9. The highest BCUT2D eigenvalue weighted by atomic mass is 79.9. The minimum atomic E-state index is -0.358. The second-order valence-electron chi connectivity index (χ2n) is 5.03. The van der Waals surface area contributed by atoms with Crippen molar-refractivity contribution >= 4 is 15.9 Å². The fourth-order valence-electron chi connectivity index (χ4n) is 2.13. The molecule has 1 unspecified atom stereocenters. The molecule has 18 heavy (non-hydrogen) atoms. The molecule has 0 spiro atoms. The summed E-state index contributed by atoms with van der Waals surface area (Å²) in [5, 5.41) is 0.830. The molecule has 0 aromatic carbocycles. The largest absolute Gasteiger partial charge is 0.368 e. The molecule has 1 saturated carbocycles. The fraction of sp³-hybridized carbons (Fsp3) is 0.714. The smallest absolute Gasteiger partial charge is 0.160 e. The van der Waals surface area contributed by atoms with Crippen LogP contribution in [0.5, 0.6) is 0 Å². The Morgan fingerprint density at radius 1 is 1.44 bits per heavy atom. The molecule has 0 N–H and O–H groups in total. The third-order valence-electron chi connectivity index (χ3n) is 3.62. The van der Waals surface area contributed by atoms with Gasteiger partial charge in [-0.1, -0.05) is 22.9 Å². The summed E-state index contributed by atoms with van der Waals surface area (Å²) in [5.74, 6) is 1.47. The highest BCUT2D eigenvalue weighted by Crippen LogP contribution is 2.41. The topological polar surface area (TPSA) is 35.0 Å². The second kappa shape index (κ2) is 5.66. The molecular formula is C14H21BrN2O. The number of nitrogens with zero attached hydrogens (tertiary/aromatic N) is 2. The van der Waals surface area contributed by atoms with Crippen molar-refractivity contribution in [3.05, 3.63) is 23.3 Å². The molecule has 0 radical (unpaired) electrons. The van der Waals surface area contributed by atoms with Crippen LogP contribution in [0.3, 0.4) is 0 Å². The molecule has 4 heteroatoms. The third kappa shape index (κ3) is 2.75. The normalized spacial score (nSPS) is 18.7. The Morgan fingerprint density at radius 3 is 2.67 bits per heavy atom. The number of hydrogen-bond donors (Lipinski definition) is 0. The summed E-state index contributed by atoms with van der Waals surface area (Å²) in [6, 6.07) is 0. The van der Waals surface area contributed by atoms with E-state index in [1.54, 1.807) is 0 Å². The van der Waals surface area contributed by atoms with E-state index >= 15 is 0 Å². The van der Waals surface area contributed by atoms with E-state index in [1.807, 2.05) is 13.1 Å². The van der Waals surface area contributed by atoms with E-state index in [1.165, 1.54) is 24.1 Å². The second-order valence-corrected chi connectivity index (χ2v) is 5.59. The van der Waals surface area contributed by atoms with Gasteiger partial charge in [0.1, 0.15) is 5.60 Å². The van der Waals surface area contributed by atoms with Crippen LogP contribution in [0.25, 0.3) is 0 Å². The zero-order valence-electron chi connectivity index (χ0n) is 11.4. The van der Waals surface area contributed by atoms with Crippen molar-refractivity contribution in [1.29, 1.82) is 0 Å². The summed E-state index contributed by atoms with van der Waals surface area (Å²) in [7, 11) is 0. The van der Waals surface area contributed by atoms with E-state index in [2.05, 4.69) is 34.8 Å². The monoisotopic (exact) mass is 312 g/mol. The Balaban J connectivity index is 2.35. The number of alkyl halides is 1. The van der Waals surface area contributed by atoms with Crippen LogP contribution < -0.4 is 0 Å². The number of rotatable bonds is 6. The van der Waals surface area contributed by atoms with Crippen LogP contribution in [-0.2, 0) is 15.7 Å². The van der Waals surface area contributed by atoms with Crippen molar-refractivity contribution in [3.8, 4) is 0 Å². The van der Waals surface area contributed by atoms with Gasteiger partial charge < -0.3 is 4.74 Å². The summed E-state index contributed by atoms with van der Waals surface area (Å²) >= 11 is 3.52. The van der Waals surface area contributed by atoms with Gasteiger partial charge in [0.05, 0.1) is 5.69 Å². The highest BCUT2D eigenvalue weighted by Gasteiger charge is 2.32. The highest BCUT2D eigenvalue weighted by molar-refractivity contribution is 9.08. The van der Waals surface area contributed by atoms with Gasteiger partial charge in [0, 0.05) is 29.6 Å². The minimum absolute atomic E-state index is 0.358. The molecular weight excluding hydrogens is 292 g/mol. The maximum atomic E-state index is 5.86. The molecule has 0 aliphatic heterocycles. The van der Waals surface area contributed by atoms with Crippen molar-refractivity contribution in [2.45, 2.75) is 56.9 Å². The standard InChI is InChI=1S/C14H21BrN2O/c1-4-14(3,18-5-2)13-16-9-11(8-15)12(17-13)10-6-7-10/h9-10H,4-8H2,1-3H3. The van der Waals surface area contributed by atoms with Gasteiger partial charge in [-0.25, -0.2) is 9.97 Å². The van der Waals surface area contributed by atoms with Crippen molar-refractivity contribution in [3.63, 3.8) is 0 Å². The van der Waals surface area contributed by atoms with Crippen LogP contribution in [0.1, 0.15) is 63.0 Å². The van der Waals surface area contributed by atoms with Crippen LogP contribution in [0.4, 0.5) is 0 Å². The lowest BCUT2D eigenvalue weighted by molar-refractivity contribution is -0.0392. The number of halogens is 1. The van der Waals surface area contributed by atoms with Gasteiger partial charge in [0.25, 0.3) is 0 Å². The Kier molecular flexibility index (Phi) is 4.38. The van der Waals surface area contributed by atoms with Gasteiger partial charge in [0.2, 0.25) is 0 Å². The molecule has 100 valence electrons. The SMILES string of the molecule is CCOC(C)(CC)c1ncc(CBr)c(C2CC2)n1. The summed E-state index contributed by atoms with van der Waals surface area (Å²) in [6.45, 7) is 6.90. The Morgan fingerprint density at radius 2 is 2.17 bits per heavy atom. The predicted molar refractivity (Wildman–Crippen MR) is 75.9 cm³/mol. The molecule has 1 atom stereocenters. The van der Waals surface area contributed by atoms with E-state index in [-0.39, 0.29) is 5.60 Å². The molecule has 1 aromatic heterocycles. The lowest BCUT2D eigenvalue weighted by Gasteiger charge is -2.27. The van der Waals surface area contributed by atoms with Crippen molar-refractivity contribution in [1.82, 2.24) is 9.97 Å². The van der Waals surface area contributed by atoms with Crippen LogP contribution in [0.15, 0.2) is 6.20 Å². The predicted octanol–water partition coefficient (Wildman–Crippen LogP) is 3.91. The van der Waals surface area contributed by atoms with Crippen molar-refractivity contribution in [2.75, 3.05) is 6.61 Å². The first-order valence-electron chi connectivity index (χ1n) is 6.70. The molecule has 1 aromatic rings. The van der Waals surface area contributed by atoms with Crippen LogP contribution in [0, 0.1) is 0 Å². The average molecular weight is 313 g/mol. The van der Waals surface area contributed by atoms with Gasteiger partial charge in [0.15, 0.2) is 5.82 Å². The van der Waals surface area contributed by atoms with Gasteiger partial charge in [-0.2, -0.15) is 0 Å². The first-order chi connectivity index (χ1) is 8.64. The number of hydrogen-bond acceptors (Lipinski definition) is 3. The van der Waals surface area contributed by atoms with Crippen LogP contribution in [0.2, 0.25) is 0 Å². The summed E-state index contributed by atoms with van der Waals surface area (Å²) in [4.78, 5) is 9.32. The summed E-state index contributed by atoms with van der Waals surface area (Å²) < 4.78 is 5.86. The number of aromatic nitrogens is 2. The molecule has 3 nitrogen and oxygen atoms in total. The lowest BCUT2D eigenvalue weighted by atomic mass is 10.0. The van der Waals surface area contributed by atoms with Crippen LogP contribution in [-0.4, -0.2) is 16.6 Å². The fourth-order valence-corrected chi connectivity index (χ4v) is 2.56. The Hall–Kier alpha value is -0.480. The van der Waals surface area contributed by atoms with E-state index < -0.39 is 0 Å². The van der Waals surface area contributed by atoms with E-state index in [9.17, 15) is 0 Å². The van der Waals surface area contributed by atoms with Gasteiger partial charge >= 0.3 is 0 Å². The zero-order chi connectivity index (χ0) is 13.2. The van der Waals surface area contributed by atoms with Crippen LogP contribution >= 0.6 is 15.9 Å². The number of ether oxygens (including phenoxy) is 1. The summed E-state index contributed by atoms with van der Waals surface area (Å²) in [6.07, 6.45) is 5.36. The zero-order valence-corrected chi connectivity index (χ0v) is 13.0. The van der Waals surface area contributed by atoms with Crippen molar-refractivity contribution in [2.24, 2.45) is 0 Å². The maximum absolute atomic E-state index is 5.86. The van der Waals surface area contributed by atoms with Crippen molar-refractivity contribution < 1.29 is 4.74 Å². The van der Waals surface area contributed by atoms with Gasteiger partial charge in [-0.15, -0.1) is 0 Å². The van der Waals surface area contributed by atoms with Gasteiger partial charge in [-0.05, 0) is 33.1 Å². The quantitative estimate of drug-likeness (QED) is 0.747. The molecule has 1 aliphatic rings. The van der Waals surface area contributed by atoms with E-state index in [0.29, 0.717) is 12.5 Å². The minimum Gasteiger partial charge on any atom is -0.368 e.